The van der Waals surface area contributed by atoms with E-state index >= 15 is 0 Å². The molecule has 4 rings (SSSR count). The smallest absolute Gasteiger partial charge is 0.254 e. The summed E-state index contributed by atoms with van der Waals surface area (Å²) in [4.78, 5) is 0. The number of halogens is 1. The molecule has 0 bridgehead atoms. The lowest BCUT2D eigenvalue weighted by Gasteiger charge is -2.04. The molecular formula is C19H14ClN3O3. The molecular weight excluding hydrogens is 354 g/mol. The van der Waals surface area contributed by atoms with Gasteiger partial charge in [0.05, 0.1) is 5.02 Å². The zero-order chi connectivity index (χ0) is 17.9. The average Bonchev–Trinajstić information content (AvgIpc) is 3.28. The number of rotatable bonds is 5. The average molecular weight is 368 g/mol. The largest absolute Gasteiger partial charge is 0.482 e. The Balaban J connectivity index is 1.59. The van der Waals surface area contributed by atoms with E-state index in [4.69, 9.17) is 25.3 Å². The Kier molecular flexibility index (Phi) is 4.41. The van der Waals surface area contributed by atoms with Gasteiger partial charge in [-0.3, -0.25) is 0 Å². The molecule has 2 heterocycles. The van der Waals surface area contributed by atoms with Gasteiger partial charge in [-0.15, -0.1) is 10.2 Å². The second-order valence-corrected chi connectivity index (χ2v) is 5.96. The van der Waals surface area contributed by atoms with E-state index in [1.54, 1.807) is 19.1 Å². The zero-order valence-corrected chi connectivity index (χ0v) is 14.6. The van der Waals surface area contributed by atoms with Crippen molar-refractivity contribution in [3.63, 3.8) is 0 Å². The number of nitrogens with zero attached hydrogens (tertiary/aromatic N) is 3. The van der Waals surface area contributed by atoms with E-state index in [0.717, 1.165) is 5.56 Å². The summed E-state index contributed by atoms with van der Waals surface area (Å²) in [6.07, 6.45) is 0. The molecule has 26 heavy (non-hydrogen) atoms. The zero-order valence-electron chi connectivity index (χ0n) is 13.8. The molecule has 0 saturated heterocycles. The third-order valence-electron chi connectivity index (χ3n) is 3.78. The third kappa shape index (κ3) is 3.19. The van der Waals surface area contributed by atoms with Gasteiger partial charge in [-0.25, -0.2) is 0 Å². The number of ether oxygens (including phenoxy) is 1. The van der Waals surface area contributed by atoms with Crippen molar-refractivity contribution >= 4 is 11.6 Å². The molecule has 0 fully saturated rings. The monoisotopic (exact) mass is 367 g/mol. The molecule has 130 valence electrons. The molecule has 2 aromatic carbocycles. The van der Waals surface area contributed by atoms with Gasteiger partial charge in [0.2, 0.25) is 0 Å². The normalized spacial score (nSPS) is 10.8. The van der Waals surface area contributed by atoms with Crippen LogP contribution in [0.3, 0.4) is 0 Å². The Bertz CT molecular complexity index is 1030. The first-order valence-electron chi connectivity index (χ1n) is 7.94. The number of aromatic nitrogens is 3. The molecule has 7 heteroatoms. The van der Waals surface area contributed by atoms with Crippen LogP contribution in [0.2, 0.25) is 5.02 Å². The first-order valence-corrected chi connectivity index (χ1v) is 8.32. The summed E-state index contributed by atoms with van der Waals surface area (Å²) in [6, 6.07) is 16.9. The summed E-state index contributed by atoms with van der Waals surface area (Å²) in [6.45, 7) is 1.92. The highest BCUT2D eigenvalue weighted by Crippen LogP contribution is 2.33. The van der Waals surface area contributed by atoms with E-state index < -0.39 is 0 Å². The Morgan fingerprint density at radius 2 is 1.77 bits per heavy atom. The number of benzene rings is 2. The standard InChI is InChI=1S/C19H14ClN3O3/c1-12-17(18(23-26-12)13-7-3-2-4-8-13)19-22-21-16(25-19)11-24-15-10-6-5-9-14(15)20/h2-10H,11H2,1H3. The van der Waals surface area contributed by atoms with Gasteiger partial charge in [-0.1, -0.05) is 59.2 Å². The van der Waals surface area contributed by atoms with Crippen molar-refractivity contribution < 1.29 is 13.7 Å². The highest BCUT2D eigenvalue weighted by molar-refractivity contribution is 6.32. The second kappa shape index (κ2) is 7.01. The SMILES string of the molecule is Cc1onc(-c2ccccc2)c1-c1nnc(COc2ccccc2Cl)o1. The quantitative estimate of drug-likeness (QED) is 0.497. The van der Waals surface area contributed by atoms with Crippen LogP contribution < -0.4 is 4.74 Å². The lowest BCUT2D eigenvalue weighted by atomic mass is 10.1. The van der Waals surface area contributed by atoms with Crippen LogP contribution in [0.4, 0.5) is 0 Å². The van der Waals surface area contributed by atoms with Crippen molar-refractivity contribution in [1.82, 2.24) is 15.4 Å². The van der Waals surface area contributed by atoms with E-state index in [2.05, 4.69) is 15.4 Å². The molecule has 0 amide bonds. The number of aryl methyl sites for hydroxylation is 1. The van der Waals surface area contributed by atoms with Gasteiger partial charge in [0.15, 0.2) is 6.61 Å². The van der Waals surface area contributed by atoms with Gasteiger partial charge in [-0.05, 0) is 19.1 Å². The van der Waals surface area contributed by atoms with E-state index in [9.17, 15) is 0 Å². The summed E-state index contributed by atoms with van der Waals surface area (Å²) < 4.78 is 16.7. The summed E-state index contributed by atoms with van der Waals surface area (Å²) in [7, 11) is 0. The highest BCUT2D eigenvalue weighted by atomic mass is 35.5. The molecule has 0 saturated carbocycles. The minimum absolute atomic E-state index is 0.113. The molecule has 0 aliphatic carbocycles. The topological polar surface area (TPSA) is 74.2 Å². The molecule has 6 nitrogen and oxygen atoms in total. The number of hydrogen-bond acceptors (Lipinski definition) is 6. The van der Waals surface area contributed by atoms with E-state index in [0.29, 0.717) is 39.6 Å². The molecule has 0 N–H and O–H groups in total. The first-order chi connectivity index (χ1) is 12.7. The van der Waals surface area contributed by atoms with Crippen LogP contribution in [0.25, 0.3) is 22.7 Å². The summed E-state index contributed by atoms with van der Waals surface area (Å²) >= 11 is 6.07. The van der Waals surface area contributed by atoms with Crippen molar-refractivity contribution in [2.75, 3.05) is 0 Å². The molecule has 4 aromatic rings. The first kappa shape index (κ1) is 16.4. The van der Waals surface area contributed by atoms with Gasteiger partial charge in [0.1, 0.15) is 22.8 Å². The van der Waals surface area contributed by atoms with Crippen LogP contribution in [0.5, 0.6) is 5.75 Å². The van der Waals surface area contributed by atoms with Crippen molar-refractivity contribution in [2.45, 2.75) is 13.5 Å². The highest BCUT2D eigenvalue weighted by Gasteiger charge is 2.22. The van der Waals surface area contributed by atoms with Crippen molar-refractivity contribution in [3.8, 4) is 28.5 Å². The van der Waals surface area contributed by atoms with Gasteiger partial charge in [0, 0.05) is 5.56 Å². The van der Waals surface area contributed by atoms with Crippen molar-refractivity contribution in [3.05, 3.63) is 71.3 Å². The predicted molar refractivity (Wildman–Crippen MR) is 95.8 cm³/mol. The van der Waals surface area contributed by atoms with E-state index in [1.165, 1.54) is 0 Å². The van der Waals surface area contributed by atoms with Gasteiger partial charge in [-0.2, -0.15) is 0 Å². The molecule has 0 spiro atoms. The minimum Gasteiger partial charge on any atom is -0.482 e. The Labute approximate surface area is 154 Å². The number of para-hydroxylation sites is 1. The van der Waals surface area contributed by atoms with E-state index in [1.807, 2.05) is 42.5 Å². The molecule has 0 aliphatic rings. The number of hydrogen-bond donors (Lipinski definition) is 0. The second-order valence-electron chi connectivity index (χ2n) is 5.55. The Morgan fingerprint density at radius 1 is 1.00 bits per heavy atom. The van der Waals surface area contributed by atoms with Crippen LogP contribution in [0.15, 0.2) is 63.5 Å². The maximum Gasteiger partial charge on any atom is 0.254 e. The molecule has 2 aromatic heterocycles. The predicted octanol–water partition coefficient (Wildman–Crippen LogP) is 4.93. The summed E-state index contributed by atoms with van der Waals surface area (Å²) in [5, 5.41) is 12.8. The lowest BCUT2D eigenvalue weighted by molar-refractivity contribution is 0.264. The molecule has 0 aliphatic heterocycles. The maximum absolute atomic E-state index is 6.07. The fourth-order valence-corrected chi connectivity index (χ4v) is 2.72. The Morgan fingerprint density at radius 3 is 2.58 bits per heavy atom. The lowest BCUT2D eigenvalue weighted by Crippen LogP contribution is -1.96. The van der Waals surface area contributed by atoms with Crippen LogP contribution >= 0.6 is 11.6 Å². The fraction of sp³-hybridized carbons (Fsp3) is 0.105. The summed E-state index contributed by atoms with van der Waals surface area (Å²) in [5.41, 5.74) is 2.24. The van der Waals surface area contributed by atoms with Crippen LogP contribution in [-0.4, -0.2) is 15.4 Å². The van der Waals surface area contributed by atoms with Gasteiger partial charge >= 0.3 is 0 Å². The maximum atomic E-state index is 6.07. The Hall–Kier alpha value is -3.12. The van der Waals surface area contributed by atoms with Gasteiger partial charge < -0.3 is 13.7 Å². The van der Waals surface area contributed by atoms with Crippen LogP contribution in [0, 0.1) is 6.92 Å². The minimum atomic E-state index is 0.113. The molecule has 0 unspecified atom stereocenters. The van der Waals surface area contributed by atoms with Crippen LogP contribution in [0.1, 0.15) is 11.7 Å². The van der Waals surface area contributed by atoms with E-state index in [-0.39, 0.29) is 6.61 Å². The molecule has 0 atom stereocenters. The van der Waals surface area contributed by atoms with Crippen molar-refractivity contribution in [2.24, 2.45) is 0 Å². The van der Waals surface area contributed by atoms with Crippen LogP contribution in [-0.2, 0) is 6.61 Å². The summed E-state index contributed by atoms with van der Waals surface area (Å²) in [5.74, 6) is 1.83. The molecule has 0 radical (unpaired) electrons. The van der Waals surface area contributed by atoms with Gasteiger partial charge in [0.25, 0.3) is 11.8 Å². The fourth-order valence-electron chi connectivity index (χ4n) is 2.53. The third-order valence-corrected chi connectivity index (χ3v) is 4.09. The van der Waals surface area contributed by atoms with Crippen molar-refractivity contribution in [1.29, 1.82) is 0 Å².